The SMILES string of the molecule is CCOc1ccc(Cl)cc1CNC12CC3CC(CC(O)(C3)C1)C2. The zero-order valence-electron chi connectivity index (χ0n) is 13.8. The lowest BCUT2D eigenvalue weighted by atomic mass is 9.51. The summed E-state index contributed by atoms with van der Waals surface area (Å²) >= 11 is 6.17. The van der Waals surface area contributed by atoms with Crippen molar-refractivity contribution in [1.82, 2.24) is 5.32 Å². The third kappa shape index (κ3) is 2.99. The van der Waals surface area contributed by atoms with Gasteiger partial charge in [0, 0.05) is 22.7 Å². The number of aliphatic hydroxyl groups is 1. The minimum absolute atomic E-state index is 0.102. The molecular weight excluding hydrogens is 310 g/mol. The molecule has 2 atom stereocenters. The Bertz CT molecular complexity index is 589. The lowest BCUT2D eigenvalue weighted by molar-refractivity contribution is -0.142. The van der Waals surface area contributed by atoms with E-state index in [9.17, 15) is 5.11 Å². The molecule has 4 fully saturated rings. The van der Waals surface area contributed by atoms with E-state index in [1.165, 1.54) is 19.3 Å². The van der Waals surface area contributed by atoms with Gasteiger partial charge in [0.05, 0.1) is 12.2 Å². The Morgan fingerprint density at radius 3 is 2.65 bits per heavy atom. The van der Waals surface area contributed by atoms with Crippen molar-refractivity contribution in [1.29, 1.82) is 0 Å². The smallest absolute Gasteiger partial charge is 0.123 e. The number of hydrogen-bond acceptors (Lipinski definition) is 3. The number of hydrogen-bond donors (Lipinski definition) is 2. The van der Waals surface area contributed by atoms with Crippen LogP contribution < -0.4 is 10.1 Å². The van der Waals surface area contributed by atoms with Gasteiger partial charge in [-0.1, -0.05) is 11.6 Å². The second-order valence-corrected chi connectivity index (χ2v) is 8.44. The standard InChI is InChI=1S/C19H26ClNO2/c1-2-23-17-4-3-16(20)6-15(17)11-21-18-7-13-5-14(8-18)10-19(22,9-13)12-18/h3-4,6,13-14,21-22H,2,5,7-12H2,1H3. The van der Waals surface area contributed by atoms with Crippen LogP contribution in [0.1, 0.15) is 51.0 Å². The lowest BCUT2D eigenvalue weighted by Gasteiger charge is -2.60. The van der Waals surface area contributed by atoms with Crippen molar-refractivity contribution in [3.05, 3.63) is 28.8 Å². The summed E-state index contributed by atoms with van der Waals surface area (Å²) in [5, 5.41) is 15.4. The second kappa shape index (κ2) is 5.65. The summed E-state index contributed by atoms with van der Waals surface area (Å²) in [6.45, 7) is 3.41. The highest BCUT2D eigenvalue weighted by Gasteiger charge is 2.56. The van der Waals surface area contributed by atoms with Gasteiger partial charge in [-0.25, -0.2) is 0 Å². The topological polar surface area (TPSA) is 41.5 Å². The second-order valence-electron chi connectivity index (χ2n) is 8.00. The lowest BCUT2D eigenvalue weighted by Crippen LogP contribution is -2.64. The highest BCUT2D eigenvalue weighted by atomic mass is 35.5. The van der Waals surface area contributed by atoms with Crippen LogP contribution in [0.4, 0.5) is 0 Å². The van der Waals surface area contributed by atoms with Crippen molar-refractivity contribution in [3.8, 4) is 5.75 Å². The summed E-state index contributed by atoms with van der Waals surface area (Å²) in [4.78, 5) is 0. The van der Waals surface area contributed by atoms with Crippen LogP contribution in [0.3, 0.4) is 0 Å². The normalized spacial score (nSPS) is 38.0. The third-order valence-electron chi connectivity index (χ3n) is 6.01. The predicted molar refractivity (Wildman–Crippen MR) is 91.8 cm³/mol. The molecule has 126 valence electrons. The molecule has 0 aliphatic heterocycles. The van der Waals surface area contributed by atoms with Crippen LogP contribution in [0.15, 0.2) is 18.2 Å². The third-order valence-corrected chi connectivity index (χ3v) is 6.24. The molecule has 4 saturated carbocycles. The molecule has 3 nitrogen and oxygen atoms in total. The first-order valence-electron chi connectivity index (χ1n) is 8.88. The Labute approximate surface area is 143 Å². The number of ether oxygens (including phenoxy) is 1. The Hall–Kier alpha value is -0.770. The summed E-state index contributed by atoms with van der Waals surface area (Å²) in [7, 11) is 0. The average molecular weight is 336 g/mol. The predicted octanol–water partition coefficient (Wildman–Crippen LogP) is 3.91. The Balaban J connectivity index is 1.52. The van der Waals surface area contributed by atoms with Gasteiger partial charge in [-0.15, -0.1) is 0 Å². The van der Waals surface area contributed by atoms with Crippen LogP contribution in [0.5, 0.6) is 5.75 Å². The molecule has 2 N–H and O–H groups in total. The fraction of sp³-hybridized carbons (Fsp3) is 0.684. The Kier molecular flexibility index (Phi) is 3.86. The van der Waals surface area contributed by atoms with Crippen LogP contribution in [-0.4, -0.2) is 22.9 Å². The summed E-state index contributed by atoms with van der Waals surface area (Å²) < 4.78 is 5.74. The molecule has 5 rings (SSSR count). The first-order valence-corrected chi connectivity index (χ1v) is 9.26. The zero-order valence-corrected chi connectivity index (χ0v) is 14.5. The van der Waals surface area contributed by atoms with E-state index in [1.54, 1.807) is 0 Å². The summed E-state index contributed by atoms with van der Waals surface area (Å²) in [6, 6.07) is 5.83. The van der Waals surface area contributed by atoms with Crippen LogP contribution in [0.25, 0.3) is 0 Å². The molecule has 4 aliphatic carbocycles. The van der Waals surface area contributed by atoms with Gasteiger partial charge in [0.15, 0.2) is 0 Å². The summed E-state index contributed by atoms with van der Waals surface area (Å²) in [5.74, 6) is 2.30. The van der Waals surface area contributed by atoms with E-state index in [0.29, 0.717) is 18.4 Å². The molecule has 4 heteroatoms. The molecule has 23 heavy (non-hydrogen) atoms. The first kappa shape index (κ1) is 15.7. The molecule has 0 radical (unpaired) electrons. The van der Waals surface area contributed by atoms with E-state index in [4.69, 9.17) is 16.3 Å². The molecule has 0 aromatic heterocycles. The van der Waals surface area contributed by atoms with Crippen molar-refractivity contribution in [3.63, 3.8) is 0 Å². The number of nitrogens with one attached hydrogen (secondary N) is 1. The van der Waals surface area contributed by atoms with Gasteiger partial charge in [-0.3, -0.25) is 0 Å². The van der Waals surface area contributed by atoms with E-state index in [1.807, 2.05) is 25.1 Å². The molecule has 4 bridgehead atoms. The molecule has 0 saturated heterocycles. The summed E-state index contributed by atoms with van der Waals surface area (Å²) in [6.07, 6.45) is 6.64. The minimum atomic E-state index is -0.422. The maximum Gasteiger partial charge on any atom is 0.123 e. The van der Waals surface area contributed by atoms with Gasteiger partial charge in [0.1, 0.15) is 5.75 Å². The van der Waals surface area contributed by atoms with E-state index in [2.05, 4.69) is 5.32 Å². The molecular formula is C19H26ClNO2. The van der Waals surface area contributed by atoms with E-state index in [-0.39, 0.29) is 5.54 Å². The summed E-state index contributed by atoms with van der Waals surface area (Å²) in [5.41, 5.74) is 0.792. The molecule has 0 heterocycles. The van der Waals surface area contributed by atoms with E-state index < -0.39 is 5.60 Å². The van der Waals surface area contributed by atoms with Crippen LogP contribution >= 0.6 is 11.6 Å². The largest absolute Gasteiger partial charge is 0.494 e. The number of benzene rings is 1. The zero-order chi connectivity index (χ0) is 16.1. The molecule has 2 unspecified atom stereocenters. The maximum absolute atomic E-state index is 10.9. The Morgan fingerprint density at radius 1 is 1.26 bits per heavy atom. The first-order chi connectivity index (χ1) is 11.0. The highest BCUT2D eigenvalue weighted by molar-refractivity contribution is 6.30. The van der Waals surface area contributed by atoms with Crippen molar-refractivity contribution in [2.75, 3.05) is 6.61 Å². The molecule has 0 amide bonds. The molecule has 4 aliphatic rings. The van der Waals surface area contributed by atoms with Crippen LogP contribution in [0, 0.1) is 11.8 Å². The highest BCUT2D eigenvalue weighted by Crippen LogP contribution is 2.57. The van der Waals surface area contributed by atoms with Gasteiger partial charge in [0.25, 0.3) is 0 Å². The number of halogens is 1. The molecule has 1 aromatic carbocycles. The fourth-order valence-electron chi connectivity index (χ4n) is 5.69. The molecule has 0 spiro atoms. The van der Waals surface area contributed by atoms with Crippen molar-refractivity contribution < 1.29 is 9.84 Å². The van der Waals surface area contributed by atoms with Gasteiger partial charge in [0.2, 0.25) is 0 Å². The van der Waals surface area contributed by atoms with Crippen molar-refractivity contribution >= 4 is 11.6 Å². The minimum Gasteiger partial charge on any atom is -0.494 e. The average Bonchev–Trinajstić information content (AvgIpc) is 2.45. The van der Waals surface area contributed by atoms with Crippen LogP contribution in [-0.2, 0) is 6.54 Å². The van der Waals surface area contributed by atoms with Crippen molar-refractivity contribution in [2.24, 2.45) is 11.8 Å². The van der Waals surface area contributed by atoms with Crippen molar-refractivity contribution in [2.45, 2.75) is 63.1 Å². The van der Waals surface area contributed by atoms with Gasteiger partial charge < -0.3 is 15.2 Å². The number of rotatable bonds is 5. The van der Waals surface area contributed by atoms with Gasteiger partial charge in [-0.2, -0.15) is 0 Å². The quantitative estimate of drug-likeness (QED) is 0.857. The fourth-order valence-corrected chi connectivity index (χ4v) is 5.88. The molecule has 1 aromatic rings. The monoisotopic (exact) mass is 335 g/mol. The van der Waals surface area contributed by atoms with Gasteiger partial charge in [-0.05, 0) is 75.5 Å². The van der Waals surface area contributed by atoms with E-state index in [0.717, 1.165) is 42.1 Å². The maximum atomic E-state index is 10.9. The Morgan fingerprint density at radius 2 is 2.00 bits per heavy atom. The van der Waals surface area contributed by atoms with Crippen LogP contribution in [0.2, 0.25) is 5.02 Å². The van der Waals surface area contributed by atoms with E-state index >= 15 is 0 Å². The van der Waals surface area contributed by atoms with Gasteiger partial charge >= 0.3 is 0 Å².